The Morgan fingerprint density at radius 1 is 1.10 bits per heavy atom. The van der Waals surface area contributed by atoms with Gasteiger partial charge in [0.05, 0.1) is 0 Å². The molecule has 20 heavy (non-hydrogen) atoms. The number of hydrazine groups is 1. The molecule has 1 aromatic carbocycles. The fraction of sp³-hybridized carbons (Fsp3) is 0.231. The quantitative estimate of drug-likeness (QED) is 0.501. The van der Waals surface area contributed by atoms with Crippen LogP contribution in [0.5, 0.6) is 0 Å². The molecule has 0 saturated carbocycles. The van der Waals surface area contributed by atoms with Gasteiger partial charge in [0.2, 0.25) is 5.95 Å². The standard InChI is InChI=1S/C13H17FN6/c1-7-3-9(4-8(2)12(7)14)6-17-10-5-11(20-16)19-13(15)18-10/h3-5H,6,16H2,1-2H3,(H4,15,17,18,19,20). The van der Waals surface area contributed by atoms with Gasteiger partial charge in [-0.1, -0.05) is 12.1 Å². The summed E-state index contributed by atoms with van der Waals surface area (Å²) in [4.78, 5) is 7.93. The first kappa shape index (κ1) is 14.0. The largest absolute Gasteiger partial charge is 0.368 e. The van der Waals surface area contributed by atoms with Gasteiger partial charge in [0, 0.05) is 12.6 Å². The Balaban J connectivity index is 2.14. The smallest absolute Gasteiger partial charge is 0.223 e. The predicted molar refractivity (Wildman–Crippen MR) is 77.5 cm³/mol. The molecule has 106 valence electrons. The number of nitrogens with zero attached hydrogens (tertiary/aromatic N) is 2. The number of halogens is 1. The van der Waals surface area contributed by atoms with Gasteiger partial charge in [-0.25, -0.2) is 10.2 Å². The molecule has 0 saturated heterocycles. The van der Waals surface area contributed by atoms with E-state index in [9.17, 15) is 4.39 Å². The summed E-state index contributed by atoms with van der Waals surface area (Å²) in [6.45, 7) is 3.98. The van der Waals surface area contributed by atoms with Crippen molar-refractivity contribution in [1.82, 2.24) is 9.97 Å². The third-order valence-corrected chi connectivity index (χ3v) is 2.86. The monoisotopic (exact) mass is 276 g/mol. The summed E-state index contributed by atoms with van der Waals surface area (Å²) >= 11 is 0. The maximum Gasteiger partial charge on any atom is 0.223 e. The summed E-state index contributed by atoms with van der Waals surface area (Å²) in [7, 11) is 0. The predicted octanol–water partition coefficient (Wildman–Crippen LogP) is 1.71. The third-order valence-electron chi connectivity index (χ3n) is 2.86. The lowest BCUT2D eigenvalue weighted by Crippen LogP contribution is -2.12. The molecule has 7 heteroatoms. The van der Waals surface area contributed by atoms with Crippen LogP contribution >= 0.6 is 0 Å². The van der Waals surface area contributed by atoms with E-state index in [1.54, 1.807) is 32.0 Å². The molecule has 0 radical (unpaired) electrons. The summed E-state index contributed by atoms with van der Waals surface area (Å²) in [5.41, 5.74) is 10.2. The van der Waals surface area contributed by atoms with Crippen molar-refractivity contribution >= 4 is 17.6 Å². The number of nitrogens with two attached hydrogens (primary N) is 2. The van der Waals surface area contributed by atoms with Crippen LogP contribution in [0.4, 0.5) is 22.0 Å². The Morgan fingerprint density at radius 3 is 2.30 bits per heavy atom. The Kier molecular flexibility index (Phi) is 3.99. The number of nitrogens with one attached hydrogen (secondary N) is 2. The second-order valence-corrected chi connectivity index (χ2v) is 4.54. The van der Waals surface area contributed by atoms with Crippen molar-refractivity contribution in [2.24, 2.45) is 5.84 Å². The van der Waals surface area contributed by atoms with Gasteiger partial charge in [-0.3, -0.25) is 0 Å². The number of rotatable bonds is 4. The van der Waals surface area contributed by atoms with Crippen LogP contribution in [0.3, 0.4) is 0 Å². The van der Waals surface area contributed by atoms with E-state index in [0.717, 1.165) is 5.56 Å². The lowest BCUT2D eigenvalue weighted by Gasteiger charge is -2.10. The van der Waals surface area contributed by atoms with Crippen molar-refractivity contribution in [2.45, 2.75) is 20.4 Å². The molecule has 6 N–H and O–H groups in total. The maximum atomic E-state index is 13.5. The number of nitrogen functional groups attached to an aromatic ring is 2. The second kappa shape index (κ2) is 5.70. The van der Waals surface area contributed by atoms with E-state index < -0.39 is 0 Å². The van der Waals surface area contributed by atoms with Crippen LogP contribution in [0.2, 0.25) is 0 Å². The van der Waals surface area contributed by atoms with Crippen molar-refractivity contribution in [3.05, 3.63) is 40.7 Å². The van der Waals surface area contributed by atoms with Gasteiger partial charge in [-0.15, -0.1) is 0 Å². The second-order valence-electron chi connectivity index (χ2n) is 4.54. The van der Waals surface area contributed by atoms with Crippen LogP contribution < -0.4 is 22.3 Å². The number of aryl methyl sites for hydroxylation is 2. The lowest BCUT2D eigenvalue weighted by molar-refractivity contribution is 0.608. The zero-order chi connectivity index (χ0) is 14.7. The lowest BCUT2D eigenvalue weighted by atomic mass is 10.1. The highest BCUT2D eigenvalue weighted by atomic mass is 19.1. The van der Waals surface area contributed by atoms with Crippen LogP contribution in [0.1, 0.15) is 16.7 Å². The molecule has 1 heterocycles. The fourth-order valence-corrected chi connectivity index (χ4v) is 1.96. The number of anilines is 3. The summed E-state index contributed by atoms with van der Waals surface area (Å²) < 4.78 is 13.5. The van der Waals surface area contributed by atoms with E-state index in [4.69, 9.17) is 11.6 Å². The molecule has 0 aliphatic carbocycles. The van der Waals surface area contributed by atoms with Crippen LogP contribution in [0.15, 0.2) is 18.2 Å². The molecule has 0 atom stereocenters. The molecule has 0 aliphatic heterocycles. The van der Waals surface area contributed by atoms with Crippen molar-refractivity contribution in [2.75, 3.05) is 16.5 Å². The van der Waals surface area contributed by atoms with Gasteiger partial charge in [0.25, 0.3) is 0 Å². The van der Waals surface area contributed by atoms with Crippen LogP contribution in [-0.2, 0) is 6.54 Å². The minimum atomic E-state index is -0.172. The molecule has 0 spiro atoms. The number of benzene rings is 1. The average Bonchev–Trinajstić information content (AvgIpc) is 2.41. The molecular formula is C13H17FN6. The van der Waals surface area contributed by atoms with Gasteiger partial charge < -0.3 is 16.5 Å². The average molecular weight is 276 g/mol. The summed E-state index contributed by atoms with van der Waals surface area (Å²) in [6.07, 6.45) is 0. The summed E-state index contributed by atoms with van der Waals surface area (Å²) in [5.74, 6) is 6.20. The summed E-state index contributed by atoms with van der Waals surface area (Å²) in [5, 5.41) is 3.10. The molecule has 0 unspecified atom stereocenters. The topological polar surface area (TPSA) is 102 Å². The Labute approximate surface area is 116 Å². The van der Waals surface area contributed by atoms with E-state index >= 15 is 0 Å². The first-order valence-corrected chi connectivity index (χ1v) is 6.10. The molecule has 0 aliphatic rings. The van der Waals surface area contributed by atoms with Gasteiger partial charge in [-0.2, -0.15) is 9.97 Å². The highest BCUT2D eigenvalue weighted by Gasteiger charge is 2.05. The zero-order valence-corrected chi connectivity index (χ0v) is 11.4. The first-order chi connectivity index (χ1) is 9.49. The molecule has 0 amide bonds. The minimum absolute atomic E-state index is 0.120. The van der Waals surface area contributed by atoms with Gasteiger partial charge in [-0.05, 0) is 30.5 Å². The van der Waals surface area contributed by atoms with Gasteiger partial charge >= 0.3 is 0 Å². The van der Waals surface area contributed by atoms with Crippen LogP contribution in [0, 0.1) is 19.7 Å². The highest BCUT2D eigenvalue weighted by Crippen LogP contribution is 2.17. The fourth-order valence-electron chi connectivity index (χ4n) is 1.96. The van der Waals surface area contributed by atoms with E-state index in [1.807, 2.05) is 0 Å². The van der Waals surface area contributed by atoms with E-state index in [-0.39, 0.29) is 11.8 Å². The molecule has 0 fully saturated rings. The minimum Gasteiger partial charge on any atom is -0.368 e. The third kappa shape index (κ3) is 3.12. The van der Waals surface area contributed by atoms with E-state index in [0.29, 0.717) is 29.3 Å². The van der Waals surface area contributed by atoms with E-state index in [2.05, 4.69) is 20.7 Å². The normalized spacial score (nSPS) is 10.4. The summed E-state index contributed by atoms with van der Waals surface area (Å²) in [6, 6.07) is 5.23. The molecule has 1 aromatic heterocycles. The molecule has 0 bridgehead atoms. The Morgan fingerprint density at radius 2 is 1.70 bits per heavy atom. The molecular weight excluding hydrogens is 259 g/mol. The van der Waals surface area contributed by atoms with Gasteiger partial charge in [0.1, 0.15) is 17.5 Å². The first-order valence-electron chi connectivity index (χ1n) is 6.10. The number of hydrogen-bond acceptors (Lipinski definition) is 6. The molecule has 2 rings (SSSR count). The highest BCUT2D eigenvalue weighted by molar-refractivity contribution is 5.50. The SMILES string of the molecule is Cc1cc(CNc2cc(NN)nc(N)n2)cc(C)c1F. The van der Waals surface area contributed by atoms with Crippen molar-refractivity contribution in [3.63, 3.8) is 0 Å². The van der Waals surface area contributed by atoms with Crippen LogP contribution in [-0.4, -0.2) is 9.97 Å². The molecule has 6 nitrogen and oxygen atoms in total. The van der Waals surface area contributed by atoms with E-state index in [1.165, 1.54) is 0 Å². The van der Waals surface area contributed by atoms with Crippen molar-refractivity contribution in [1.29, 1.82) is 0 Å². The van der Waals surface area contributed by atoms with Crippen molar-refractivity contribution < 1.29 is 4.39 Å². The number of hydrogen-bond donors (Lipinski definition) is 4. The maximum absolute atomic E-state index is 13.5. The number of aromatic nitrogens is 2. The van der Waals surface area contributed by atoms with Crippen molar-refractivity contribution in [3.8, 4) is 0 Å². The molecule has 2 aromatic rings. The Hall–Kier alpha value is -2.41. The zero-order valence-electron chi connectivity index (χ0n) is 11.4. The Bertz CT molecular complexity index is 605. The van der Waals surface area contributed by atoms with Crippen LogP contribution in [0.25, 0.3) is 0 Å². The van der Waals surface area contributed by atoms with Gasteiger partial charge in [0.15, 0.2) is 0 Å².